The maximum absolute atomic E-state index is 12.6. The molecule has 0 radical (unpaired) electrons. The summed E-state index contributed by atoms with van der Waals surface area (Å²) in [5.74, 6) is 0.829. The Hall–Kier alpha value is -1.82. The molecule has 1 aliphatic heterocycles. The summed E-state index contributed by atoms with van der Waals surface area (Å²) >= 11 is 0. The van der Waals surface area contributed by atoms with Crippen molar-refractivity contribution in [2.24, 2.45) is 11.8 Å². The van der Waals surface area contributed by atoms with Crippen molar-refractivity contribution in [3.8, 4) is 0 Å². The highest BCUT2D eigenvalue weighted by Crippen LogP contribution is 2.18. The van der Waals surface area contributed by atoms with Gasteiger partial charge in [0.1, 0.15) is 0 Å². The molecule has 0 aromatic carbocycles. The molecule has 0 unspecified atom stereocenters. The largest absolute Gasteiger partial charge is 0.338 e. The van der Waals surface area contributed by atoms with E-state index >= 15 is 0 Å². The number of amides is 3. The first kappa shape index (κ1) is 22.2. The van der Waals surface area contributed by atoms with Crippen LogP contribution in [0.25, 0.3) is 0 Å². The number of nitrogens with one attached hydrogen (secondary N) is 3. The fourth-order valence-corrected chi connectivity index (χ4v) is 2.88. The predicted octanol–water partition coefficient (Wildman–Crippen LogP) is 2.64. The van der Waals surface area contributed by atoms with Gasteiger partial charge in [0.05, 0.1) is 0 Å². The molecule has 148 valence electrons. The molecule has 0 aliphatic carbocycles. The van der Waals surface area contributed by atoms with Gasteiger partial charge in [-0.1, -0.05) is 27.7 Å². The standard InChI is InChI=1S/C20H36N4O2/c1-14(2)7-8-22-20(26)23-17(6)18(15(3)4)13-16(5)19(25)24-11-9-21-10-12-24/h13-15,21H,7-12H2,1-6H3,(H2,22,23,26)/b16-13+,18-17-. The lowest BCUT2D eigenvalue weighted by Gasteiger charge is -2.28. The molecular formula is C20H36N4O2. The third-order valence-corrected chi connectivity index (χ3v) is 4.48. The molecule has 0 aromatic rings. The van der Waals surface area contributed by atoms with E-state index < -0.39 is 0 Å². The van der Waals surface area contributed by atoms with Crippen LogP contribution in [-0.2, 0) is 4.79 Å². The van der Waals surface area contributed by atoms with Crippen molar-refractivity contribution < 1.29 is 9.59 Å². The van der Waals surface area contributed by atoms with Gasteiger partial charge in [0.2, 0.25) is 5.91 Å². The zero-order valence-corrected chi connectivity index (χ0v) is 17.2. The number of rotatable bonds is 7. The lowest BCUT2D eigenvalue weighted by atomic mass is 9.98. The molecular weight excluding hydrogens is 328 g/mol. The Morgan fingerprint density at radius 3 is 2.27 bits per heavy atom. The quantitative estimate of drug-likeness (QED) is 0.480. The molecule has 0 aromatic heterocycles. The van der Waals surface area contributed by atoms with Crippen molar-refractivity contribution in [3.63, 3.8) is 0 Å². The SMILES string of the molecule is C/C(=C\C(=C(/C)NC(=O)NCCC(C)C)C(C)C)C(=O)N1CCNCC1. The minimum absolute atomic E-state index is 0.0684. The summed E-state index contributed by atoms with van der Waals surface area (Å²) in [6.45, 7) is 15.9. The summed E-state index contributed by atoms with van der Waals surface area (Å²) in [7, 11) is 0. The number of carbonyl (C=O) groups excluding carboxylic acids is 2. The molecule has 1 rings (SSSR count). The van der Waals surface area contributed by atoms with Crippen LogP contribution >= 0.6 is 0 Å². The summed E-state index contributed by atoms with van der Waals surface area (Å²) in [6, 6.07) is -0.194. The van der Waals surface area contributed by atoms with Gasteiger partial charge in [-0.25, -0.2) is 4.79 Å². The van der Waals surface area contributed by atoms with Crippen molar-refractivity contribution in [2.75, 3.05) is 32.7 Å². The summed E-state index contributed by atoms with van der Waals surface area (Å²) in [6.07, 6.45) is 2.87. The zero-order valence-electron chi connectivity index (χ0n) is 17.2. The summed E-state index contributed by atoms with van der Waals surface area (Å²) in [5.41, 5.74) is 2.47. The number of nitrogens with zero attached hydrogens (tertiary/aromatic N) is 1. The van der Waals surface area contributed by atoms with E-state index in [1.165, 1.54) is 0 Å². The maximum atomic E-state index is 12.6. The van der Waals surface area contributed by atoms with E-state index in [9.17, 15) is 9.59 Å². The van der Waals surface area contributed by atoms with E-state index in [4.69, 9.17) is 0 Å². The van der Waals surface area contributed by atoms with Crippen molar-refractivity contribution in [1.29, 1.82) is 0 Å². The van der Waals surface area contributed by atoms with Crippen LogP contribution in [0.1, 0.15) is 48.0 Å². The predicted molar refractivity (Wildman–Crippen MR) is 107 cm³/mol. The van der Waals surface area contributed by atoms with Crippen LogP contribution in [0.3, 0.4) is 0 Å². The molecule has 26 heavy (non-hydrogen) atoms. The molecule has 6 nitrogen and oxygen atoms in total. The van der Waals surface area contributed by atoms with E-state index in [0.717, 1.165) is 43.9 Å². The summed E-state index contributed by atoms with van der Waals surface area (Å²) in [4.78, 5) is 26.6. The molecule has 0 atom stereocenters. The van der Waals surface area contributed by atoms with Crippen LogP contribution in [0.5, 0.6) is 0 Å². The first-order valence-electron chi connectivity index (χ1n) is 9.66. The third kappa shape index (κ3) is 7.60. The number of piperazine rings is 1. The highest BCUT2D eigenvalue weighted by atomic mass is 16.2. The lowest BCUT2D eigenvalue weighted by Crippen LogP contribution is -2.46. The van der Waals surface area contributed by atoms with E-state index in [-0.39, 0.29) is 17.9 Å². The van der Waals surface area contributed by atoms with Crippen molar-refractivity contribution in [1.82, 2.24) is 20.9 Å². The number of allylic oxidation sites excluding steroid dienone is 3. The molecule has 1 heterocycles. The molecule has 1 saturated heterocycles. The van der Waals surface area contributed by atoms with Gasteiger partial charge >= 0.3 is 6.03 Å². The molecule has 0 saturated carbocycles. The molecule has 1 fully saturated rings. The topological polar surface area (TPSA) is 73.5 Å². The van der Waals surface area contributed by atoms with Gasteiger partial charge in [0, 0.05) is 44.0 Å². The first-order chi connectivity index (χ1) is 12.2. The zero-order chi connectivity index (χ0) is 19.7. The first-order valence-corrected chi connectivity index (χ1v) is 9.66. The maximum Gasteiger partial charge on any atom is 0.318 e. The van der Waals surface area contributed by atoms with Gasteiger partial charge in [0.25, 0.3) is 0 Å². The molecule has 3 amide bonds. The highest BCUT2D eigenvalue weighted by molar-refractivity contribution is 5.93. The van der Waals surface area contributed by atoms with Crippen molar-refractivity contribution >= 4 is 11.9 Å². The van der Waals surface area contributed by atoms with Gasteiger partial charge in [-0.15, -0.1) is 0 Å². The van der Waals surface area contributed by atoms with E-state index in [0.29, 0.717) is 18.0 Å². The molecule has 1 aliphatic rings. The number of urea groups is 1. The third-order valence-electron chi connectivity index (χ3n) is 4.48. The van der Waals surface area contributed by atoms with E-state index in [1.807, 2.05) is 24.8 Å². The minimum Gasteiger partial charge on any atom is -0.338 e. The van der Waals surface area contributed by atoms with E-state index in [1.54, 1.807) is 0 Å². The fourth-order valence-electron chi connectivity index (χ4n) is 2.88. The Bertz CT molecular complexity index is 544. The van der Waals surface area contributed by atoms with Crippen LogP contribution in [0.2, 0.25) is 0 Å². The molecule has 0 bridgehead atoms. The normalized spacial score (nSPS) is 16.6. The highest BCUT2D eigenvalue weighted by Gasteiger charge is 2.18. The van der Waals surface area contributed by atoms with Gasteiger partial charge in [0.15, 0.2) is 0 Å². The second-order valence-electron chi connectivity index (χ2n) is 7.67. The van der Waals surface area contributed by atoms with E-state index in [2.05, 4.69) is 43.6 Å². The average molecular weight is 365 g/mol. The Labute approximate surface area is 158 Å². The Kier molecular flexibility index (Phi) is 9.41. The van der Waals surface area contributed by atoms with Crippen LogP contribution in [0, 0.1) is 11.8 Å². The molecule has 0 spiro atoms. The van der Waals surface area contributed by atoms with Gasteiger partial charge in [-0.3, -0.25) is 4.79 Å². The van der Waals surface area contributed by atoms with Crippen LogP contribution in [-0.4, -0.2) is 49.6 Å². The number of hydrogen-bond donors (Lipinski definition) is 3. The van der Waals surface area contributed by atoms with Crippen molar-refractivity contribution in [3.05, 3.63) is 22.9 Å². The fraction of sp³-hybridized carbons (Fsp3) is 0.700. The Morgan fingerprint density at radius 2 is 1.73 bits per heavy atom. The van der Waals surface area contributed by atoms with Gasteiger partial charge < -0.3 is 20.9 Å². The molecule has 6 heteroatoms. The van der Waals surface area contributed by atoms with Crippen LogP contribution in [0.15, 0.2) is 22.9 Å². The Balaban J connectivity index is 2.79. The molecule has 3 N–H and O–H groups in total. The van der Waals surface area contributed by atoms with Crippen LogP contribution < -0.4 is 16.0 Å². The minimum atomic E-state index is -0.194. The lowest BCUT2D eigenvalue weighted by molar-refractivity contribution is -0.127. The monoisotopic (exact) mass is 364 g/mol. The summed E-state index contributed by atoms with van der Waals surface area (Å²) in [5, 5.41) is 9.04. The number of carbonyl (C=O) groups is 2. The summed E-state index contributed by atoms with van der Waals surface area (Å²) < 4.78 is 0. The Morgan fingerprint density at radius 1 is 1.12 bits per heavy atom. The smallest absolute Gasteiger partial charge is 0.318 e. The average Bonchev–Trinajstić information content (AvgIpc) is 2.58. The van der Waals surface area contributed by atoms with Gasteiger partial charge in [-0.05, 0) is 43.8 Å². The second-order valence-corrected chi connectivity index (χ2v) is 7.67. The van der Waals surface area contributed by atoms with Gasteiger partial charge in [-0.2, -0.15) is 0 Å². The second kappa shape index (κ2) is 11.0. The number of hydrogen-bond acceptors (Lipinski definition) is 3. The van der Waals surface area contributed by atoms with Crippen LogP contribution in [0.4, 0.5) is 4.79 Å². The van der Waals surface area contributed by atoms with Crippen molar-refractivity contribution in [2.45, 2.75) is 48.0 Å².